The van der Waals surface area contributed by atoms with Crippen LogP contribution in [0.25, 0.3) is 0 Å². The van der Waals surface area contributed by atoms with Gasteiger partial charge < -0.3 is 0 Å². The first-order chi connectivity index (χ1) is 6.92. The first-order valence-electron chi connectivity index (χ1n) is 4.88. The Morgan fingerprint density at radius 2 is 2.43 bits per heavy atom. The molecular formula is C11H12N2S. The lowest BCUT2D eigenvalue weighted by atomic mass is 9.78. The van der Waals surface area contributed by atoms with E-state index in [-0.39, 0.29) is 6.04 Å². The summed E-state index contributed by atoms with van der Waals surface area (Å²) >= 11 is 4.68. The lowest BCUT2D eigenvalue weighted by Crippen LogP contribution is -2.18. The fourth-order valence-corrected chi connectivity index (χ4v) is 1.93. The normalized spacial score (nSPS) is 18.0. The molecule has 0 amide bonds. The van der Waals surface area contributed by atoms with Crippen molar-refractivity contribution in [1.29, 1.82) is 0 Å². The molecule has 0 saturated heterocycles. The highest BCUT2D eigenvalue weighted by Gasteiger charge is 2.28. The van der Waals surface area contributed by atoms with Crippen molar-refractivity contribution in [2.24, 2.45) is 10.9 Å². The fourth-order valence-electron chi connectivity index (χ4n) is 1.82. The maximum Gasteiger partial charge on any atom is 0.0895 e. The standard InChI is InChI=1S/C11H12N2S/c14-8-13-11(9-3-1-4-9)10-5-2-6-12-7-10/h2,5-7,9,11H,1,3-4H2. The highest BCUT2D eigenvalue weighted by Crippen LogP contribution is 2.39. The van der Waals surface area contributed by atoms with Gasteiger partial charge >= 0.3 is 0 Å². The van der Waals surface area contributed by atoms with E-state index < -0.39 is 0 Å². The summed E-state index contributed by atoms with van der Waals surface area (Å²) in [7, 11) is 0. The number of rotatable bonds is 3. The molecule has 1 heterocycles. The van der Waals surface area contributed by atoms with Crippen molar-refractivity contribution in [1.82, 2.24) is 4.98 Å². The molecule has 0 spiro atoms. The van der Waals surface area contributed by atoms with E-state index in [9.17, 15) is 0 Å². The second-order valence-electron chi connectivity index (χ2n) is 3.64. The van der Waals surface area contributed by atoms with E-state index in [0.29, 0.717) is 5.92 Å². The number of aliphatic imine (C=N–C) groups is 1. The summed E-state index contributed by atoms with van der Waals surface area (Å²) in [6, 6.07) is 4.20. The number of nitrogens with zero attached hydrogens (tertiary/aromatic N) is 2. The third kappa shape index (κ3) is 1.89. The number of isothiocyanates is 1. The maximum atomic E-state index is 4.68. The third-order valence-electron chi connectivity index (χ3n) is 2.81. The van der Waals surface area contributed by atoms with Crippen LogP contribution < -0.4 is 0 Å². The second-order valence-corrected chi connectivity index (χ2v) is 3.83. The van der Waals surface area contributed by atoms with E-state index in [0.717, 1.165) is 5.56 Å². The van der Waals surface area contributed by atoms with E-state index >= 15 is 0 Å². The molecule has 3 heteroatoms. The van der Waals surface area contributed by atoms with Gasteiger partial charge in [-0.1, -0.05) is 12.5 Å². The summed E-state index contributed by atoms with van der Waals surface area (Å²) in [4.78, 5) is 8.35. The monoisotopic (exact) mass is 204 g/mol. The van der Waals surface area contributed by atoms with Gasteiger partial charge in [0.15, 0.2) is 0 Å². The molecule has 2 nitrogen and oxygen atoms in total. The highest BCUT2D eigenvalue weighted by molar-refractivity contribution is 7.78. The zero-order valence-corrected chi connectivity index (χ0v) is 8.70. The molecule has 72 valence electrons. The minimum Gasteiger partial charge on any atom is -0.264 e. The van der Waals surface area contributed by atoms with E-state index in [2.05, 4.69) is 33.4 Å². The molecule has 1 atom stereocenters. The van der Waals surface area contributed by atoms with Crippen molar-refractivity contribution in [2.45, 2.75) is 25.3 Å². The SMILES string of the molecule is S=C=NC(c1cccnc1)C1CCC1. The average Bonchev–Trinajstić information content (AvgIpc) is 2.16. The van der Waals surface area contributed by atoms with Crippen LogP contribution in [-0.4, -0.2) is 10.1 Å². The molecule has 1 fully saturated rings. The Morgan fingerprint density at radius 1 is 1.57 bits per heavy atom. The van der Waals surface area contributed by atoms with E-state index in [1.807, 2.05) is 12.3 Å². The minimum absolute atomic E-state index is 0.190. The molecule has 0 N–H and O–H groups in total. The Morgan fingerprint density at radius 3 is 2.93 bits per heavy atom. The van der Waals surface area contributed by atoms with Crippen LogP contribution in [0.1, 0.15) is 30.9 Å². The van der Waals surface area contributed by atoms with Crippen LogP contribution in [0.2, 0.25) is 0 Å². The minimum atomic E-state index is 0.190. The Hall–Kier alpha value is -1.05. The van der Waals surface area contributed by atoms with E-state index in [1.165, 1.54) is 19.3 Å². The Balaban J connectivity index is 2.22. The van der Waals surface area contributed by atoms with Crippen LogP contribution in [0.5, 0.6) is 0 Å². The summed E-state index contributed by atoms with van der Waals surface area (Å²) in [5, 5.41) is 2.50. The highest BCUT2D eigenvalue weighted by atomic mass is 32.1. The molecule has 1 saturated carbocycles. The van der Waals surface area contributed by atoms with E-state index in [1.54, 1.807) is 6.20 Å². The number of pyridine rings is 1. The Bertz CT molecular complexity index is 340. The lowest BCUT2D eigenvalue weighted by Gasteiger charge is -2.30. The molecule has 0 bridgehead atoms. The van der Waals surface area contributed by atoms with Gasteiger partial charge in [-0.3, -0.25) is 4.98 Å². The number of hydrogen-bond donors (Lipinski definition) is 0. The molecule has 1 aliphatic rings. The molecule has 0 aliphatic heterocycles. The first kappa shape index (κ1) is 9.50. The van der Waals surface area contributed by atoms with Crippen LogP contribution in [0.3, 0.4) is 0 Å². The van der Waals surface area contributed by atoms with Crippen LogP contribution >= 0.6 is 12.2 Å². The molecular weight excluding hydrogens is 192 g/mol. The zero-order chi connectivity index (χ0) is 9.80. The second kappa shape index (κ2) is 4.45. The summed E-state index contributed by atoms with van der Waals surface area (Å²) in [5.74, 6) is 0.648. The largest absolute Gasteiger partial charge is 0.264 e. The van der Waals surface area contributed by atoms with Crippen molar-refractivity contribution >= 4 is 17.4 Å². The molecule has 1 unspecified atom stereocenters. The number of hydrogen-bond acceptors (Lipinski definition) is 3. The van der Waals surface area contributed by atoms with Gasteiger partial charge in [0, 0.05) is 12.4 Å². The molecule has 14 heavy (non-hydrogen) atoms. The summed E-state index contributed by atoms with van der Waals surface area (Å²) in [5.41, 5.74) is 1.16. The van der Waals surface area contributed by atoms with Gasteiger partial charge in [-0.2, -0.15) is 0 Å². The van der Waals surface area contributed by atoms with Crippen LogP contribution in [0, 0.1) is 5.92 Å². The average molecular weight is 204 g/mol. The third-order valence-corrected chi connectivity index (χ3v) is 2.92. The van der Waals surface area contributed by atoms with Gasteiger partial charge in [-0.05, 0) is 42.6 Å². The van der Waals surface area contributed by atoms with Gasteiger partial charge in [0.25, 0.3) is 0 Å². The molecule has 2 rings (SSSR count). The quantitative estimate of drug-likeness (QED) is 0.558. The summed E-state index contributed by atoms with van der Waals surface area (Å²) in [6.45, 7) is 0. The van der Waals surface area contributed by atoms with Gasteiger partial charge in [-0.25, -0.2) is 4.99 Å². The predicted octanol–water partition coefficient (Wildman–Crippen LogP) is 3.03. The van der Waals surface area contributed by atoms with Gasteiger partial charge in [-0.15, -0.1) is 0 Å². The van der Waals surface area contributed by atoms with E-state index in [4.69, 9.17) is 0 Å². The van der Waals surface area contributed by atoms with Crippen molar-refractivity contribution in [3.8, 4) is 0 Å². The number of aromatic nitrogens is 1. The Kier molecular flexibility index (Phi) is 3.02. The van der Waals surface area contributed by atoms with Crippen LogP contribution in [0.15, 0.2) is 29.5 Å². The zero-order valence-electron chi connectivity index (χ0n) is 7.89. The smallest absolute Gasteiger partial charge is 0.0895 e. The van der Waals surface area contributed by atoms with Crippen LogP contribution in [-0.2, 0) is 0 Å². The first-order valence-corrected chi connectivity index (χ1v) is 5.29. The lowest BCUT2D eigenvalue weighted by molar-refractivity contribution is 0.266. The van der Waals surface area contributed by atoms with Crippen molar-refractivity contribution in [3.05, 3.63) is 30.1 Å². The van der Waals surface area contributed by atoms with Crippen LogP contribution in [0.4, 0.5) is 0 Å². The topological polar surface area (TPSA) is 25.2 Å². The maximum absolute atomic E-state index is 4.68. The van der Waals surface area contributed by atoms with Gasteiger partial charge in [0.05, 0.1) is 11.2 Å². The predicted molar refractivity (Wildman–Crippen MR) is 59.3 cm³/mol. The molecule has 1 aromatic rings. The molecule has 0 aromatic carbocycles. The van der Waals surface area contributed by atoms with Crippen molar-refractivity contribution in [3.63, 3.8) is 0 Å². The van der Waals surface area contributed by atoms with Crippen molar-refractivity contribution < 1.29 is 0 Å². The summed E-state index contributed by atoms with van der Waals surface area (Å²) in [6.07, 6.45) is 7.47. The number of thiocarbonyl (C=S) groups is 1. The van der Waals surface area contributed by atoms with Gasteiger partial charge in [0.2, 0.25) is 0 Å². The van der Waals surface area contributed by atoms with Crippen molar-refractivity contribution in [2.75, 3.05) is 0 Å². The Labute approximate surface area is 89.1 Å². The summed E-state index contributed by atoms with van der Waals surface area (Å²) < 4.78 is 0. The molecule has 1 aromatic heterocycles. The molecule has 1 aliphatic carbocycles. The molecule has 0 radical (unpaired) electrons. The van der Waals surface area contributed by atoms with Gasteiger partial charge in [0.1, 0.15) is 0 Å². The fraction of sp³-hybridized carbons (Fsp3) is 0.455.